The van der Waals surface area contributed by atoms with Gasteiger partial charge < -0.3 is 10.2 Å². The Morgan fingerprint density at radius 2 is 1.59 bits per heavy atom. The van der Waals surface area contributed by atoms with Crippen molar-refractivity contribution in [2.45, 2.75) is 62.6 Å². The number of carbonyl (C=O) groups is 2. The van der Waals surface area contributed by atoms with Crippen LogP contribution in [0, 0.1) is 0 Å². The van der Waals surface area contributed by atoms with Crippen LogP contribution in [0.2, 0.25) is 0 Å². The molecule has 3 rings (SSSR count). The van der Waals surface area contributed by atoms with E-state index in [-0.39, 0.29) is 17.4 Å². The molecule has 0 aromatic heterocycles. The Morgan fingerprint density at radius 3 is 2.19 bits per heavy atom. The van der Waals surface area contributed by atoms with Crippen molar-refractivity contribution >= 4 is 35.3 Å². The lowest BCUT2D eigenvalue weighted by molar-refractivity contribution is -0.150. The van der Waals surface area contributed by atoms with E-state index in [2.05, 4.69) is 17.4 Å². The van der Waals surface area contributed by atoms with Gasteiger partial charge in [-0.05, 0) is 62.8 Å². The average Bonchev–Trinajstić information content (AvgIpc) is 2.78. The summed E-state index contributed by atoms with van der Waals surface area (Å²) in [6, 6.07) is 20.2. The van der Waals surface area contributed by atoms with Crippen LogP contribution in [-0.4, -0.2) is 45.1 Å². The molecule has 1 aliphatic heterocycles. The van der Waals surface area contributed by atoms with Crippen LogP contribution in [0.3, 0.4) is 0 Å². The second-order valence-electron chi connectivity index (χ2n) is 9.23. The van der Waals surface area contributed by atoms with Gasteiger partial charge >= 0.3 is 0 Å². The molecule has 1 heterocycles. The molecule has 2 amide bonds. The minimum absolute atomic E-state index is 0.0229. The lowest BCUT2D eigenvalue weighted by Crippen LogP contribution is -2.64. The van der Waals surface area contributed by atoms with E-state index in [1.165, 1.54) is 0 Å². The lowest BCUT2D eigenvalue weighted by Gasteiger charge is -2.46. The number of hydrogen-bond acceptors (Lipinski definition) is 4. The van der Waals surface area contributed by atoms with Crippen molar-refractivity contribution in [1.82, 2.24) is 10.2 Å². The number of rotatable bonds is 8. The summed E-state index contributed by atoms with van der Waals surface area (Å²) in [5.41, 5.74) is -0.0972. The number of carbonyl (C=O) groups excluding carboxylic acids is 2. The van der Waals surface area contributed by atoms with Crippen LogP contribution in [0.25, 0.3) is 0 Å². The Morgan fingerprint density at radius 1 is 1.00 bits per heavy atom. The van der Waals surface area contributed by atoms with Gasteiger partial charge in [-0.3, -0.25) is 9.59 Å². The Bertz CT molecular complexity index is 876. The van der Waals surface area contributed by atoms with Crippen molar-refractivity contribution in [3.8, 4) is 0 Å². The second-order valence-corrected chi connectivity index (χ2v) is 11.6. The number of nitrogens with zero attached hydrogens (tertiary/aromatic N) is 1. The van der Waals surface area contributed by atoms with Crippen LogP contribution in [0.4, 0.5) is 0 Å². The molecule has 0 unspecified atom stereocenters. The summed E-state index contributed by atoms with van der Waals surface area (Å²) in [7, 11) is 0. The molecule has 1 fully saturated rings. The van der Waals surface area contributed by atoms with Gasteiger partial charge in [0.05, 0.1) is 0 Å². The van der Waals surface area contributed by atoms with Crippen molar-refractivity contribution in [3.05, 3.63) is 66.2 Å². The number of benzene rings is 2. The molecule has 172 valence electrons. The highest BCUT2D eigenvalue weighted by molar-refractivity contribution is 7.99. The first-order valence-electron chi connectivity index (χ1n) is 11.2. The summed E-state index contributed by atoms with van der Waals surface area (Å²) in [6.07, 6.45) is 1.78. The van der Waals surface area contributed by atoms with Gasteiger partial charge in [0.2, 0.25) is 11.8 Å². The van der Waals surface area contributed by atoms with Gasteiger partial charge in [0, 0.05) is 29.2 Å². The molecule has 0 spiro atoms. The Labute approximate surface area is 200 Å². The Balaban J connectivity index is 1.84. The zero-order valence-corrected chi connectivity index (χ0v) is 20.9. The number of amides is 2. The molecule has 2 aromatic rings. The molecule has 0 radical (unpaired) electrons. The molecule has 1 aliphatic rings. The van der Waals surface area contributed by atoms with Crippen LogP contribution in [0.15, 0.2) is 65.6 Å². The highest BCUT2D eigenvalue weighted by Gasteiger charge is 2.47. The molecule has 6 heteroatoms. The predicted molar refractivity (Wildman–Crippen MR) is 136 cm³/mol. The van der Waals surface area contributed by atoms with E-state index in [0.717, 1.165) is 22.0 Å². The van der Waals surface area contributed by atoms with Crippen molar-refractivity contribution in [2.24, 2.45) is 0 Å². The first-order chi connectivity index (χ1) is 15.3. The zero-order chi connectivity index (χ0) is 23.0. The molecule has 0 atom stereocenters. The van der Waals surface area contributed by atoms with Gasteiger partial charge in [-0.15, -0.1) is 11.8 Å². The van der Waals surface area contributed by atoms with E-state index in [0.29, 0.717) is 31.6 Å². The maximum absolute atomic E-state index is 13.6. The summed E-state index contributed by atoms with van der Waals surface area (Å²) in [4.78, 5) is 30.3. The molecular formula is C26H34N2O2S2. The fraction of sp³-hybridized carbons (Fsp3) is 0.462. The van der Waals surface area contributed by atoms with Gasteiger partial charge in [-0.25, -0.2) is 0 Å². The standard InChI is InChI=1S/C26H34N2O2S2/c1-25(2,3)27-24(30)26(15-18-31-19-16-26)28(20-21-10-6-4-7-11-21)23(29)14-17-32-22-12-8-5-9-13-22/h4-13H,14-20H2,1-3H3,(H,27,30). The van der Waals surface area contributed by atoms with E-state index < -0.39 is 5.54 Å². The van der Waals surface area contributed by atoms with Crippen LogP contribution in [0.1, 0.15) is 45.6 Å². The molecule has 1 N–H and O–H groups in total. The summed E-state index contributed by atoms with van der Waals surface area (Å²) in [5, 5.41) is 3.19. The zero-order valence-electron chi connectivity index (χ0n) is 19.3. The largest absolute Gasteiger partial charge is 0.349 e. The second kappa shape index (κ2) is 11.3. The van der Waals surface area contributed by atoms with Crippen LogP contribution < -0.4 is 5.32 Å². The Kier molecular flexibility index (Phi) is 8.72. The first-order valence-corrected chi connectivity index (χ1v) is 13.4. The molecule has 32 heavy (non-hydrogen) atoms. The van der Waals surface area contributed by atoms with Crippen molar-refractivity contribution in [1.29, 1.82) is 0 Å². The smallest absolute Gasteiger partial charge is 0.246 e. The number of hydrogen-bond donors (Lipinski definition) is 1. The summed E-state index contributed by atoms with van der Waals surface area (Å²) < 4.78 is 0. The first kappa shape index (κ1) is 24.7. The predicted octanol–water partition coefficient (Wildman–Crippen LogP) is 5.38. The molecular weight excluding hydrogens is 436 g/mol. The van der Waals surface area contributed by atoms with Gasteiger partial charge in [0.25, 0.3) is 0 Å². The van der Waals surface area contributed by atoms with E-state index in [4.69, 9.17) is 0 Å². The maximum Gasteiger partial charge on any atom is 0.246 e. The lowest BCUT2D eigenvalue weighted by atomic mass is 9.86. The molecule has 1 saturated heterocycles. The van der Waals surface area contributed by atoms with Crippen LogP contribution >= 0.6 is 23.5 Å². The quantitative estimate of drug-likeness (QED) is 0.527. The summed E-state index contributed by atoms with van der Waals surface area (Å²) in [6.45, 7) is 6.44. The summed E-state index contributed by atoms with van der Waals surface area (Å²) in [5.74, 6) is 2.49. The monoisotopic (exact) mass is 470 g/mol. The fourth-order valence-corrected chi connectivity index (χ4v) is 5.97. The van der Waals surface area contributed by atoms with Crippen molar-refractivity contribution < 1.29 is 9.59 Å². The Hall–Kier alpha value is -1.92. The minimum Gasteiger partial charge on any atom is -0.349 e. The van der Waals surface area contributed by atoms with Crippen LogP contribution in [-0.2, 0) is 16.1 Å². The van der Waals surface area contributed by atoms with E-state index >= 15 is 0 Å². The van der Waals surface area contributed by atoms with Crippen molar-refractivity contribution in [2.75, 3.05) is 17.3 Å². The molecule has 2 aromatic carbocycles. The maximum atomic E-state index is 13.6. The van der Waals surface area contributed by atoms with Gasteiger partial charge in [0.15, 0.2) is 0 Å². The molecule has 0 bridgehead atoms. The van der Waals surface area contributed by atoms with Crippen LogP contribution in [0.5, 0.6) is 0 Å². The fourth-order valence-electron chi connectivity index (χ4n) is 3.94. The van der Waals surface area contributed by atoms with Crippen molar-refractivity contribution in [3.63, 3.8) is 0 Å². The SMILES string of the molecule is CC(C)(C)NC(=O)C1(N(Cc2ccccc2)C(=O)CCSc2ccccc2)CCSCC1. The minimum atomic E-state index is -0.803. The third kappa shape index (κ3) is 6.79. The highest BCUT2D eigenvalue weighted by Crippen LogP contribution is 2.35. The summed E-state index contributed by atoms with van der Waals surface area (Å²) >= 11 is 3.55. The number of nitrogens with one attached hydrogen (secondary N) is 1. The molecule has 0 aliphatic carbocycles. The average molecular weight is 471 g/mol. The van der Waals surface area contributed by atoms with E-state index in [9.17, 15) is 9.59 Å². The highest BCUT2D eigenvalue weighted by atomic mass is 32.2. The molecule has 0 saturated carbocycles. The van der Waals surface area contributed by atoms with Gasteiger partial charge in [-0.1, -0.05) is 48.5 Å². The third-order valence-electron chi connectivity index (χ3n) is 5.56. The normalized spacial score (nSPS) is 15.7. The van der Waals surface area contributed by atoms with Gasteiger partial charge in [0.1, 0.15) is 5.54 Å². The number of thioether (sulfide) groups is 2. The molecule has 4 nitrogen and oxygen atoms in total. The topological polar surface area (TPSA) is 49.4 Å². The van der Waals surface area contributed by atoms with Gasteiger partial charge in [-0.2, -0.15) is 11.8 Å². The van der Waals surface area contributed by atoms with E-state index in [1.54, 1.807) is 11.8 Å². The van der Waals surface area contributed by atoms with E-state index in [1.807, 2.05) is 86.0 Å². The third-order valence-corrected chi connectivity index (χ3v) is 7.56.